The first-order valence-corrected chi connectivity index (χ1v) is 10.9. The Kier molecular flexibility index (Phi) is 4.17. The molecule has 30 heavy (non-hydrogen) atoms. The van der Waals surface area contributed by atoms with Crippen LogP contribution in [0.1, 0.15) is 35.4 Å². The number of anilines is 1. The quantitative estimate of drug-likeness (QED) is 0.596. The van der Waals surface area contributed by atoms with E-state index in [9.17, 15) is 0 Å². The van der Waals surface area contributed by atoms with Crippen LogP contribution in [0.4, 0.5) is 5.95 Å². The molecule has 4 heterocycles. The van der Waals surface area contributed by atoms with Gasteiger partial charge in [-0.3, -0.25) is 9.47 Å². The second-order valence-electron chi connectivity index (χ2n) is 8.62. The second-order valence-corrected chi connectivity index (χ2v) is 9.06. The molecule has 3 aromatic rings. The maximum Gasteiger partial charge on any atom is 0.231 e. The average molecular weight is 422 g/mol. The van der Waals surface area contributed by atoms with Crippen molar-refractivity contribution in [3.05, 3.63) is 70.0 Å². The monoisotopic (exact) mass is 421 g/mol. The molecule has 6 rings (SSSR count). The van der Waals surface area contributed by atoms with E-state index in [1.165, 1.54) is 16.7 Å². The Morgan fingerprint density at radius 2 is 1.83 bits per heavy atom. The summed E-state index contributed by atoms with van der Waals surface area (Å²) < 4.78 is 8.56. The topological polar surface area (TPSA) is 46.4 Å². The van der Waals surface area contributed by atoms with Crippen LogP contribution < -0.4 is 4.90 Å². The van der Waals surface area contributed by atoms with Crippen LogP contribution in [0.3, 0.4) is 0 Å². The number of hydrogen-bond donors (Lipinski definition) is 0. The van der Waals surface area contributed by atoms with Gasteiger partial charge in [-0.1, -0.05) is 35.9 Å². The number of benzene rings is 2. The summed E-state index contributed by atoms with van der Waals surface area (Å²) in [7, 11) is 2.11. The molecule has 0 amide bonds. The summed E-state index contributed by atoms with van der Waals surface area (Å²) in [4.78, 5) is 4.61. The normalized spacial score (nSPS) is 20.0. The van der Waals surface area contributed by atoms with Gasteiger partial charge in [0.2, 0.25) is 5.95 Å². The zero-order valence-corrected chi connectivity index (χ0v) is 17.8. The summed E-state index contributed by atoms with van der Waals surface area (Å²) in [6, 6.07) is 14.7. The summed E-state index contributed by atoms with van der Waals surface area (Å²) in [5.74, 6) is 1.89. The Morgan fingerprint density at radius 1 is 1.00 bits per heavy atom. The Bertz CT molecular complexity index is 1120. The lowest BCUT2D eigenvalue weighted by Crippen LogP contribution is -2.43. The van der Waals surface area contributed by atoms with Gasteiger partial charge < -0.3 is 9.64 Å². The first-order chi connectivity index (χ1) is 14.6. The maximum atomic E-state index is 6.34. The van der Waals surface area contributed by atoms with E-state index in [1.54, 1.807) is 0 Å². The lowest BCUT2D eigenvalue weighted by Gasteiger charge is -2.39. The van der Waals surface area contributed by atoms with Crippen LogP contribution in [0.2, 0.25) is 5.02 Å². The van der Waals surface area contributed by atoms with E-state index in [0.29, 0.717) is 0 Å². The minimum atomic E-state index is -0.152. The van der Waals surface area contributed by atoms with E-state index in [0.717, 1.165) is 68.1 Å². The van der Waals surface area contributed by atoms with Gasteiger partial charge in [-0.05, 0) is 54.8 Å². The van der Waals surface area contributed by atoms with Crippen molar-refractivity contribution >= 4 is 17.5 Å². The van der Waals surface area contributed by atoms with Gasteiger partial charge in [-0.15, -0.1) is 10.2 Å². The number of aromatic nitrogens is 3. The van der Waals surface area contributed by atoms with Crippen LogP contribution in [0.25, 0.3) is 5.69 Å². The van der Waals surface area contributed by atoms with Crippen molar-refractivity contribution in [1.82, 2.24) is 19.7 Å². The number of ether oxygens (including phenoxy) is 1. The molecule has 6 nitrogen and oxygen atoms in total. The second kappa shape index (κ2) is 6.80. The summed E-state index contributed by atoms with van der Waals surface area (Å²) in [5.41, 5.74) is 4.87. The largest absolute Gasteiger partial charge is 0.365 e. The molecule has 3 aliphatic rings. The zero-order chi connectivity index (χ0) is 20.3. The van der Waals surface area contributed by atoms with Gasteiger partial charge in [0.15, 0.2) is 5.82 Å². The van der Waals surface area contributed by atoms with Crippen LogP contribution in [0.5, 0.6) is 0 Å². The minimum absolute atomic E-state index is 0.152. The summed E-state index contributed by atoms with van der Waals surface area (Å²) >= 11 is 6.29. The molecule has 1 saturated heterocycles. The molecule has 0 radical (unpaired) electrons. The number of halogens is 1. The van der Waals surface area contributed by atoms with Crippen molar-refractivity contribution in [3.8, 4) is 5.69 Å². The molecule has 0 N–H and O–H groups in total. The third kappa shape index (κ3) is 2.78. The summed E-state index contributed by atoms with van der Waals surface area (Å²) in [6.45, 7) is 4.10. The third-order valence-corrected chi connectivity index (χ3v) is 6.95. The Balaban J connectivity index is 1.34. The van der Waals surface area contributed by atoms with Gasteiger partial charge in [0.05, 0.1) is 24.4 Å². The standard InChI is InChI=1S/C23H24ClN5O/c1-27-13-17-12-18(24)6-7-20(17)29-21(14-27)25-26-22(29)28-10-8-23(9-11-28)19-5-3-2-4-16(19)15-30-23/h2-7,12H,8-11,13-15H2,1H3. The fourth-order valence-corrected chi connectivity index (χ4v) is 5.41. The zero-order valence-electron chi connectivity index (χ0n) is 17.0. The number of hydrogen-bond acceptors (Lipinski definition) is 5. The van der Waals surface area contributed by atoms with Gasteiger partial charge >= 0.3 is 0 Å². The highest BCUT2D eigenvalue weighted by Gasteiger charge is 2.43. The summed E-state index contributed by atoms with van der Waals surface area (Å²) in [6.07, 6.45) is 1.92. The fraction of sp³-hybridized carbons (Fsp3) is 0.391. The van der Waals surface area contributed by atoms with Crippen molar-refractivity contribution in [2.75, 3.05) is 25.0 Å². The molecule has 0 atom stereocenters. The van der Waals surface area contributed by atoms with E-state index in [4.69, 9.17) is 16.3 Å². The van der Waals surface area contributed by atoms with Crippen molar-refractivity contribution in [1.29, 1.82) is 0 Å². The predicted octanol–water partition coefficient (Wildman–Crippen LogP) is 3.89. The number of piperidine rings is 1. The van der Waals surface area contributed by atoms with Crippen molar-refractivity contribution in [2.45, 2.75) is 38.1 Å². The predicted molar refractivity (Wildman–Crippen MR) is 116 cm³/mol. The molecule has 7 heteroatoms. The number of fused-ring (bicyclic) bond motifs is 5. The molecule has 0 saturated carbocycles. The molecule has 3 aliphatic heterocycles. The van der Waals surface area contributed by atoms with E-state index in [2.05, 4.69) is 68.0 Å². The molecule has 1 fully saturated rings. The number of nitrogens with zero attached hydrogens (tertiary/aromatic N) is 5. The van der Waals surface area contributed by atoms with Gasteiger partial charge in [-0.2, -0.15) is 0 Å². The first-order valence-electron chi connectivity index (χ1n) is 10.5. The van der Waals surface area contributed by atoms with Gasteiger partial charge in [0, 0.05) is 24.7 Å². The SMILES string of the molecule is CN1Cc2cc(Cl)ccc2-n2c(nnc2N2CCC3(CC2)OCc2ccccc23)C1. The van der Waals surface area contributed by atoms with Crippen LogP contribution in [0, 0.1) is 0 Å². The Labute approximate surface area is 181 Å². The molecule has 1 aromatic heterocycles. The molecule has 1 spiro atoms. The molecule has 0 aliphatic carbocycles. The van der Waals surface area contributed by atoms with Crippen LogP contribution in [-0.2, 0) is 30.0 Å². The highest BCUT2D eigenvalue weighted by atomic mass is 35.5. The highest BCUT2D eigenvalue weighted by Crippen LogP contribution is 2.44. The molecule has 154 valence electrons. The van der Waals surface area contributed by atoms with Crippen LogP contribution >= 0.6 is 11.6 Å². The summed E-state index contributed by atoms with van der Waals surface area (Å²) in [5, 5.41) is 9.93. The van der Waals surface area contributed by atoms with E-state index in [1.807, 2.05) is 6.07 Å². The highest BCUT2D eigenvalue weighted by molar-refractivity contribution is 6.30. The molecular weight excluding hydrogens is 398 g/mol. The molecule has 0 bridgehead atoms. The van der Waals surface area contributed by atoms with Crippen LogP contribution in [-0.4, -0.2) is 39.8 Å². The smallest absolute Gasteiger partial charge is 0.231 e. The van der Waals surface area contributed by atoms with Crippen molar-refractivity contribution in [3.63, 3.8) is 0 Å². The average Bonchev–Trinajstić information content (AvgIpc) is 3.28. The first kappa shape index (κ1) is 18.4. The van der Waals surface area contributed by atoms with Gasteiger partial charge in [0.1, 0.15) is 0 Å². The molecule has 2 aromatic carbocycles. The lowest BCUT2D eigenvalue weighted by molar-refractivity contribution is -0.0553. The molecule has 0 unspecified atom stereocenters. The van der Waals surface area contributed by atoms with Gasteiger partial charge in [0.25, 0.3) is 0 Å². The van der Waals surface area contributed by atoms with E-state index >= 15 is 0 Å². The number of rotatable bonds is 1. The lowest BCUT2D eigenvalue weighted by atomic mass is 9.84. The maximum absolute atomic E-state index is 6.34. The van der Waals surface area contributed by atoms with Crippen molar-refractivity contribution in [2.24, 2.45) is 0 Å². The Morgan fingerprint density at radius 3 is 2.70 bits per heavy atom. The fourth-order valence-electron chi connectivity index (χ4n) is 5.21. The minimum Gasteiger partial charge on any atom is -0.365 e. The Hall–Kier alpha value is -2.41. The van der Waals surface area contributed by atoms with Crippen molar-refractivity contribution < 1.29 is 4.74 Å². The van der Waals surface area contributed by atoms with Crippen LogP contribution in [0.15, 0.2) is 42.5 Å². The van der Waals surface area contributed by atoms with Gasteiger partial charge in [-0.25, -0.2) is 0 Å². The third-order valence-electron chi connectivity index (χ3n) is 6.71. The van der Waals surface area contributed by atoms with E-state index < -0.39 is 0 Å². The van der Waals surface area contributed by atoms with E-state index in [-0.39, 0.29) is 5.60 Å². The molecular formula is C23H24ClN5O.